The van der Waals surface area contributed by atoms with Gasteiger partial charge >= 0.3 is 5.97 Å². The average Bonchev–Trinajstić information content (AvgIpc) is 3.56. The van der Waals surface area contributed by atoms with Gasteiger partial charge in [0.2, 0.25) is 0 Å². The highest BCUT2D eigenvalue weighted by atomic mass is 32.1. The Balaban J connectivity index is 1.64. The summed E-state index contributed by atoms with van der Waals surface area (Å²) in [5.41, 5.74) is 1.37. The summed E-state index contributed by atoms with van der Waals surface area (Å²) in [5.74, 6) is 1.04. The van der Waals surface area contributed by atoms with E-state index in [-0.39, 0.29) is 35.3 Å². The predicted octanol–water partition coefficient (Wildman–Crippen LogP) is 4.76. The molecule has 0 bridgehead atoms. The third kappa shape index (κ3) is 5.73. The molecule has 0 unspecified atom stereocenters. The summed E-state index contributed by atoms with van der Waals surface area (Å²) in [6.45, 7) is 7.41. The summed E-state index contributed by atoms with van der Waals surface area (Å²) in [6, 6.07) is 14.1. The molecule has 4 aromatic rings. The van der Waals surface area contributed by atoms with Crippen molar-refractivity contribution in [1.29, 1.82) is 0 Å². The number of nitro benzene ring substituents is 1. The molecule has 1 atom stereocenters. The normalized spacial score (nSPS) is 14.8. The topological polar surface area (TPSA) is 135 Å². The second-order valence-electron chi connectivity index (χ2n) is 9.85. The highest BCUT2D eigenvalue weighted by Crippen LogP contribution is 2.37. The number of carbonyl (C=O) groups is 1. The molecule has 2 aromatic carbocycles. The molecule has 3 heterocycles. The molecule has 5 rings (SSSR count). The van der Waals surface area contributed by atoms with Crippen LogP contribution in [0.3, 0.4) is 0 Å². The number of furan rings is 1. The number of ether oxygens (including phenoxy) is 3. The average molecular weight is 604 g/mol. The van der Waals surface area contributed by atoms with Gasteiger partial charge in [-0.1, -0.05) is 29.5 Å². The Morgan fingerprint density at radius 1 is 1.19 bits per heavy atom. The van der Waals surface area contributed by atoms with Crippen LogP contribution >= 0.6 is 11.3 Å². The first-order valence-electron chi connectivity index (χ1n) is 13.5. The molecule has 1 aliphatic rings. The van der Waals surface area contributed by atoms with Gasteiger partial charge in [0.05, 0.1) is 52.2 Å². The van der Waals surface area contributed by atoms with Crippen LogP contribution < -0.4 is 24.4 Å². The van der Waals surface area contributed by atoms with Crippen LogP contribution in [-0.2, 0) is 9.53 Å². The SMILES string of the molecule is CCOC(=O)C1=C(C)N=c2s/c(=C\c3ccc(-c4ccc([N+](=O)[O-])cc4OC)o3)c(=O)n2[C@H]1c1ccccc1OC(C)C. The standard InChI is InChI=1S/C31H29N3O8S/c1-6-40-30(36)27-18(4)32-31-33(28(27)22-9-7-8-10-23(22)41-17(2)3)29(35)26(43-31)16-20-12-14-24(42-20)21-13-11-19(34(37)38)15-25(21)39-5/h7-17,28H,6H2,1-5H3/b26-16-/t28-/m0/s1. The predicted molar refractivity (Wildman–Crippen MR) is 160 cm³/mol. The number of thiazole rings is 1. The van der Waals surface area contributed by atoms with E-state index < -0.39 is 16.9 Å². The summed E-state index contributed by atoms with van der Waals surface area (Å²) >= 11 is 1.17. The molecule has 0 spiro atoms. The van der Waals surface area contributed by atoms with E-state index in [1.165, 1.54) is 35.1 Å². The fourth-order valence-electron chi connectivity index (χ4n) is 4.85. The smallest absolute Gasteiger partial charge is 0.338 e. The van der Waals surface area contributed by atoms with Crippen LogP contribution in [0.5, 0.6) is 11.5 Å². The molecule has 0 aliphatic carbocycles. The molecule has 12 heteroatoms. The van der Waals surface area contributed by atoms with Crippen LogP contribution in [0.2, 0.25) is 0 Å². The largest absolute Gasteiger partial charge is 0.496 e. The lowest BCUT2D eigenvalue weighted by Crippen LogP contribution is -2.40. The van der Waals surface area contributed by atoms with Gasteiger partial charge in [-0.25, -0.2) is 9.79 Å². The Labute approximate surface area is 250 Å². The number of methoxy groups -OCH3 is 1. The summed E-state index contributed by atoms with van der Waals surface area (Å²) in [6.07, 6.45) is 1.46. The Morgan fingerprint density at radius 2 is 1.95 bits per heavy atom. The number of allylic oxidation sites excluding steroid dienone is 1. The van der Waals surface area contributed by atoms with Gasteiger partial charge in [0.25, 0.3) is 11.2 Å². The Hall–Kier alpha value is -4.97. The van der Waals surface area contributed by atoms with E-state index in [1.807, 2.05) is 32.0 Å². The summed E-state index contributed by atoms with van der Waals surface area (Å²) in [7, 11) is 1.42. The highest BCUT2D eigenvalue weighted by Gasteiger charge is 2.35. The zero-order valence-corrected chi connectivity index (χ0v) is 25.0. The molecule has 1 aliphatic heterocycles. The van der Waals surface area contributed by atoms with E-state index in [0.29, 0.717) is 43.4 Å². The lowest BCUT2D eigenvalue weighted by molar-refractivity contribution is -0.384. The number of para-hydroxylation sites is 1. The maximum atomic E-state index is 14.0. The molecule has 11 nitrogen and oxygen atoms in total. The molecule has 0 fully saturated rings. The van der Waals surface area contributed by atoms with Gasteiger partial charge in [0, 0.05) is 17.7 Å². The van der Waals surface area contributed by atoms with Crippen molar-refractivity contribution in [3.8, 4) is 22.8 Å². The third-order valence-corrected chi connectivity index (χ3v) is 7.64. The number of aromatic nitrogens is 1. The Bertz CT molecular complexity index is 1930. The number of nitro groups is 1. The minimum atomic E-state index is -0.830. The molecule has 222 valence electrons. The fraction of sp³-hybridized carbons (Fsp3) is 0.258. The van der Waals surface area contributed by atoms with E-state index in [0.717, 1.165) is 0 Å². The van der Waals surface area contributed by atoms with Crippen LogP contribution in [0.1, 0.15) is 45.1 Å². The van der Waals surface area contributed by atoms with Crippen molar-refractivity contribution in [1.82, 2.24) is 4.57 Å². The van der Waals surface area contributed by atoms with Gasteiger partial charge in [0.1, 0.15) is 29.1 Å². The fourth-order valence-corrected chi connectivity index (χ4v) is 5.88. The number of nitrogens with zero attached hydrogens (tertiary/aromatic N) is 3. The van der Waals surface area contributed by atoms with Crippen molar-refractivity contribution < 1.29 is 28.3 Å². The van der Waals surface area contributed by atoms with Crippen LogP contribution in [0.4, 0.5) is 5.69 Å². The molecule has 2 aromatic heterocycles. The zero-order valence-electron chi connectivity index (χ0n) is 24.2. The van der Waals surface area contributed by atoms with Crippen LogP contribution in [0.25, 0.3) is 17.4 Å². The third-order valence-electron chi connectivity index (χ3n) is 6.65. The van der Waals surface area contributed by atoms with E-state index in [1.54, 1.807) is 44.2 Å². The van der Waals surface area contributed by atoms with E-state index in [2.05, 4.69) is 4.99 Å². The van der Waals surface area contributed by atoms with Crippen molar-refractivity contribution in [3.63, 3.8) is 0 Å². The maximum absolute atomic E-state index is 14.0. The van der Waals surface area contributed by atoms with E-state index in [4.69, 9.17) is 18.6 Å². The second-order valence-corrected chi connectivity index (χ2v) is 10.9. The Kier molecular flexibility index (Phi) is 8.31. The van der Waals surface area contributed by atoms with Gasteiger partial charge in [-0.2, -0.15) is 0 Å². The molecular formula is C31H29N3O8S. The van der Waals surface area contributed by atoms with Crippen LogP contribution in [0.15, 0.2) is 80.1 Å². The lowest BCUT2D eigenvalue weighted by atomic mass is 9.95. The number of esters is 1. The number of non-ortho nitro benzene ring substituents is 1. The molecular weight excluding hydrogens is 574 g/mol. The summed E-state index contributed by atoms with van der Waals surface area (Å²) in [4.78, 5) is 42.9. The minimum absolute atomic E-state index is 0.110. The maximum Gasteiger partial charge on any atom is 0.338 e. The zero-order chi connectivity index (χ0) is 30.8. The summed E-state index contributed by atoms with van der Waals surface area (Å²) < 4.78 is 24.6. The quantitative estimate of drug-likeness (QED) is 0.152. The van der Waals surface area contributed by atoms with E-state index >= 15 is 0 Å². The van der Waals surface area contributed by atoms with Gasteiger partial charge < -0.3 is 18.6 Å². The minimum Gasteiger partial charge on any atom is -0.496 e. The van der Waals surface area contributed by atoms with Crippen molar-refractivity contribution in [2.45, 2.75) is 39.8 Å². The van der Waals surface area contributed by atoms with Crippen LogP contribution in [0, 0.1) is 10.1 Å². The van der Waals surface area contributed by atoms with Crippen molar-refractivity contribution in [2.24, 2.45) is 4.99 Å². The second kappa shape index (κ2) is 12.1. The number of hydrogen-bond donors (Lipinski definition) is 0. The van der Waals surface area contributed by atoms with Gasteiger partial charge in [-0.15, -0.1) is 0 Å². The first kappa shape index (κ1) is 29.5. The Morgan fingerprint density at radius 3 is 2.65 bits per heavy atom. The monoisotopic (exact) mass is 603 g/mol. The van der Waals surface area contributed by atoms with Crippen molar-refractivity contribution >= 4 is 29.1 Å². The number of carbonyl (C=O) groups excluding carboxylic acids is 1. The van der Waals surface area contributed by atoms with Gasteiger partial charge in [-0.3, -0.25) is 19.5 Å². The number of rotatable bonds is 9. The first-order valence-corrected chi connectivity index (χ1v) is 14.3. The van der Waals surface area contributed by atoms with Crippen molar-refractivity contribution in [3.05, 3.63) is 107 Å². The molecule has 0 saturated carbocycles. The number of benzene rings is 2. The molecule has 0 radical (unpaired) electrons. The molecule has 0 N–H and O–H groups in total. The molecule has 0 amide bonds. The van der Waals surface area contributed by atoms with Gasteiger partial charge in [-0.05, 0) is 52.0 Å². The summed E-state index contributed by atoms with van der Waals surface area (Å²) in [5, 5.41) is 11.2. The highest BCUT2D eigenvalue weighted by molar-refractivity contribution is 7.07. The molecule has 0 saturated heterocycles. The van der Waals surface area contributed by atoms with Crippen LogP contribution in [-0.4, -0.2) is 35.3 Å². The number of fused-ring (bicyclic) bond motifs is 1. The van der Waals surface area contributed by atoms with E-state index in [9.17, 15) is 19.7 Å². The first-order chi connectivity index (χ1) is 20.6. The number of hydrogen-bond acceptors (Lipinski definition) is 10. The van der Waals surface area contributed by atoms with Gasteiger partial charge in [0.15, 0.2) is 4.80 Å². The van der Waals surface area contributed by atoms with Crippen molar-refractivity contribution in [2.75, 3.05) is 13.7 Å². The molecule has 43 heavy (non-hydrogen) atoms. The lowest BCUT2D eigenvalue weighted by Gasteiger charge is -2.26.